The zero-order chi connectivity index (χ0) is 13.0. The molecule has 0 heterocycles. The minimum Gasteiger partial charge on any atom is -0.399 e. The summed E-state index contributed by atoms with van der Waals surface area (Å²) in [5.41, 5.74) is 8.05. The molecule has 2 nitrogen and oxygen atoms in total. The molecule has 1 fully saturated rings. The monoisotopic (exact) mass is 246 g/mol. The van der Waals surface area contributed by atoms with Gasteiger partial charge in [0.25, 0.3) is 0 Å². The summed E-state index contributed by atoms with van der Waals surface area (Å²) in [7, 11) is 0. The number of nitrogen functional groups attached to an aromatic ring is 1. The highest BCUT2D eigenvalue weighted by Gasteiger charge is 2.24. The molecule has 0 atom stereocenters. The Kier molecular flexibility index (Phi) is 4.65. The smallest absolute Gasteiger partial charge is 0.0316 e. The number of benzene rings is 1. The van der Waals surface area contributed by atoms with Crippen molar-refractivity contribution >= 4 is 5.69 Å². The van der Waals surface area contributed by atoms with Crippen LogP contribution in [0.3, 0.4) is 0 Å². The molecule has 2 rings (SSSR count). The maximum atomic E-state index is 5.80. The average Bonchev–Trinajstić information content (AvgIpc) is 3.11. The van der Waals surface area contributed by atoms with Crippen molar-refractivity contribution in [3.05, 3.63) is 29.8 Å². The van der Waals surface area contributed by atoms with Gasteiger partial charge in [0.1, 0.15) is 0 Å². The molecule has 100 valence electrons. The van der Waals surface area contributed by atoms with Crippen LogP contribution in [-0.4, -0.2) is 24.0 Å². The van der Waals surface area contributed by atoms with Gasteiger partial charge in [-0.1, -0.05) is 12.1 Å². The van der Waals surface area contributed by atoms with Crippen LogP contribution in [0.15, 0.2) is 24.3 Å². The number of hydrogen-bond acceptors (Lipinski definition) is 2. The molecule has 0 spiro atoms. The molecule has 2 N–H and O–H groups in total. The van der Waals surface area contributed by atoms with Gasteiger partial charge in [0, 0.05) is 18.3 Å². The number of aryl methyl sites for hydroxylation is 1. The van der Waals surface area contributed by atoms with E-state index in [9.17, 15) is 0 Å². The second kappa shape index (κ2) is 6.24. The SMILES string of the molecule is CC(C)N(CCCc1cccc(N)c1)CC1CC1. The minimum atomic E-state index is 0.673. The molecule has 1 aliphatic rings. The molecular formula is C16H26N2. The summed E-state index contributed by atoms with van der Waals surface area (Å²) in [6.45, 7) is 7.13. The van der Waals surface area contributed by atoms with Crippen molar-refractivity contribution < 1.29 is 0 Å². The molecular weight excluding hydrogens is 220 g/mol. The lowest BCUT2D eigenvalue weighted by Gasteiger charge is -2.26. The lowest BCUT2D eigenvalue weighted by atomic mass is 10.1. The van der Waals surface area contributed by atoms with Crippen LogP contribution in [0, 0.1) is 5.92 Å². The lowest BCUT2D eigenvalue weighted by molar-refractivity contribution is 0.210. The Hall–Kier alpha value is -1.02. The van der Waals surface area contributed by atoms with Crippen LogP contribution < -0.4 is 5.73 Å². The van der Waals surface area contributed by atoms with Crippen molar-refractivity contribution in [2.24, 2.45) is 5.92 Å². The van der Waals surface area contributed by atoms with Gasteiger partial charge in [-0.25, -0.2) is 0 Å². The molecule has 0 aromatic heterocycles. The molecule has 18 heavy (non-hydrogen) atoms. The predicted molar refractivity (Wildman–Crippen MR) is 78.6 cm³/mol. The molecule has 0 unspecified atom stereocenters. The second-order valence-electron chi connectivity index (χ2n) is 5.88. The standard InChI is InChI=1S/C16H26N2/c1-13(2)18(12-15-8-9-15)10-4-6-14-5-3-7-16(17)11-14/h3,5,7,11,13,15H,4,6,8-10,12,17H2,1-2H3. The van der Waals surface area contributed by atoms with Crippen LogP contribution in [0.1, 0.15) is 38.7 Å². The molecule has 0 aliphatic heterocycles. The molecule has 1 aromatic rings. The summed E-state index contributed by atoms with van der Waals surface area (Å²) in [5.74, 6) is 0.986. The third-order valence-corrected chi connectivity index (χ3v) is 3.78. The Balaban J connectivity index is 1.75. The number of hydrogen-bond donors (Lipinski definition) is 1. The van der Waals surface area contributed by atoms with Crippen LogP contribution in [-0.2, 0) is 6.42 Å². The summed E-state index contributed by atoms with van der Waals surface area (Å²) in [6, 6.07) is 8.95. The summed E-state index contributed by atoms with van der Waals surface area (Å²) in [5, 5.41) is 0. The van der Waals surface area contributed by atoms with Crippen molar-refractivity contribution in [3.63, 3.8) is 0 Å². The Morgan fingerprint density at radius 2 is 2.11 bits per heavy atom. The number of nitrogens with two attached hydrogens (primary N) is 1. The second-order valence-corrected chi connectivity index (χ2v) is 5.88. The predicted octanol–water partition coefficient (Wildman–Crippen LogP) is 3.32. The molecule has 1 aliphatic carbocycles. The Bertz CT molecular complexity index is 369. The maximum absolute atomic E-state index is 5.80. The Morgan fingerprint density at radius 1 is 1.33 bits per heavy atom. The fourth-order valence-corrected chi connectivity index (χ4v) is 2.43. The average molecular weight is 246 g/mol. The first-order chi connectivity index (χ1) is 8.65. The van der Waals surface area contributed by atoms with Gasteiger partial charge in [-0.2, -0.15) is 0 Å². The normalized spacial score (nSPS) is 15.6. The van der Waals surface area contributed by atoms with E-state index < -0.39 is 0 Å². The highest BCUT2D eigenvalue weighted by Crippen LogP contribution is 2.30. The third kappa shape index (κ3) is 4.34. The molecule has 0 bridgehead atoms. The van der Waals surface area contributed by atoms with Crippen molar-refractivity contribution in [2.75, 3.05) is 18.8 Å². The maximum Gasteiger partial charge on any atom is 0.0316 e. The molecule has 0 saturated heterocycles. The van der Waals surface area contributed by atoms with Gasteiger partial charge in [-0.3, -0.25) is 0 Å². The van der Waals surface area contributed by atoms with E-state index in [1.165, 1.54) is 37.9 Å². The van der Waals surface area contributed by atoms with Crippen LogP contribution in [0.5, 0.6) is 0 Å². The number of rotatable bonds is 7. The van der Waals surface area contributed by atoms with E-state index in [1.54, 1.807) is 0 Å². The van der Waals surface area contributed by atoms with Gasteiger partial charge in [0.2, 0.25) is 0 Å². The van der Waals surface area contributed by atoms with Gasteiger partial charge < -0.3 is 10.6 Å². The third-order valence-electron chi connectivity index (χ3n) is 3.78. The van der Waals surface area contributed by atoms with E-state index in [2.05, 4.69) is 36.9 Å². The van der Waals surface area contributed by atoms with Gasteiger partial charge in [-0.15, -0.1) is 0 Å². The van der Waals surface area contributed by atoms with Crippen LogP contribution in [0.4, 0.5) is 5.69 Å². The molecule has 1 saturated carbocycles. The van der Waals surface area contributed by atoms with E-state index in [0.29, 0.717) is 6.04 Å². The van der Waals surface area contributed by atoms with E-state index in [-0.39, 0.29) is 0 Å². The number of anilines is 1. The fraction of sp³-hybridized carbons (Fsp3) is 0.625. The van der Waals surface area contributed by atoms with E-state index in [0.717, 1.165) is 18.0 Å². The van der Waals surface area contributed by atoms with Gasteiger partial charge in [0.15, 0.2) is 0 Å². The van der Waals surface area contributed by atoms with Crippen LogP contribution in [0.25, 0.3) is 0 Å². The van der Waals surface area contributed by atoms with Gasteiger partial charge >= 0.3 is 0 Å². The zero-order valence-corrected chi connectivity index (χ0v) is 11.7. The molecule has 0 radical (unpaired) electrons. The van der Waals surface area contributed by atoms with E-state index in [1.807, 2.05) is 6.07 Å². The van der Waals surface area contributed by atoms with Crippen molar-refractivity contribution in [3.8, 4) is 0 Å². The highest BCUT2D eigenvalue weighted by atomic mass is 15.1. The van der Waals surface area contributed by atoms with Crippen LogP contribution >= 0.6 is 0 Å². The number of nitrogens with zero attached hydrogens (tertiary/aromatic N) is 1. The molecule has 1 aromatic carbocycles. The molecule has 0 amide bonds. The lowest BCUT2D eigenvalue weighted by Crippen LogP contribution is -2.33. The zero-order valence-electron chi connectivity index (χ0n) is 11.7. The first kappa shape index (κ1) is 13.4. The summed E-state index contributed by atoms with van der Waals surface area (Å²) in [6.07, 6.45) is 5.25. The van der Waals surface area contributed by atoms with Gasteiger partial charge in [-0.05, 0) is 69.7 Å². The largest absolute Gasteiger partial charge is 0.399 e. The Labute approximate surface area is 111 Å². The quantitative estimate of drug-likeness (QED) is 0.748. The summed E-state index contributed by atoms with van der Waals surface area (Å²) in [4.78, 5) is 2.63. The first-order valence-corrected chi connectivity index (χ1v) is 7.23. The van der Waals surface area contributed by atoms with Crippen molar-refractivity contribution in [1.82, 2.24) is 4.90 Å². The van der Waals surface area contributed by atoms with Crippen LogP contribution in [0.2, 0.25) is 0 Å². The summed E-state index contributed by atoms with van der Waals surface area (Å²) >= 11 is 0. The van der Waals surface area contributed by atoms with Crippen molar-refractivity contribution in [1.29, 1.82) is 0 Å². The minimum absolute atomic E-state index is 0.673. The molecule has 2 heteroatoms. The van der Waals surface area contributed by atoms with E-state index >= 15 is 0 Å². The van der Waals surface area contributed by atoms with E-state index in [4.69, 9.17) is 5.73 Å². The van der Waals surface area contributed by atoms with Gasteiger partial charge in [0.05, 0.1) is 0 Å². The topological polar surface area (TPSA) is 29.3 Å². The Morgan fingerprint density at radius 3 is 2.72 bits per heavy atom. The van der Waals surface area contributed by atoms with Crippen molar-refractivity contribution in [2.45, 2.75) is 45.6 Å². The first-order valence-electron chi connectivity index (χ1n) is 7.23. The summed E-state index contributed by atoms with van der Waals surface area (Å²) < 4.78 is 0. The highest BCUT2D eigenvalue weighted by molar-refractivity contribution is 5.40. The fourth-order valence-electron chi connectivity index (χ4n) is 2.43.